The summed E-state index contributed by atoms with van der Waals surface area (Å²) in [4.78, 5) is 0. The Balaban J connectivity index is 1.89. The van der Waals surface area contributed by atoms with Gasteiger partial charge < -0.3 is 4.74 Å². The van der Waals surface area contributed by atoms with Crippen LogP contribution in [0.5, 0.6) is 5.75 Å². The van der Waals surface area contributed by atoms with Gasteiger partial charge in [0, 0.05) is 6.42 Å². The van der Waals surface area contributed by atoms with Gasteiger partial charge in [-0.3, -0.25) is 0 Å². The van der Waals surface area contributed by atoms with Gasteiger partial charge in [-0.25, -0.2) is 0 Å². The number of fused-ring (bicyclic) bond motifs is 1. The summed E-state index contributed by atoms with van der Waals surface area (Å²) in [6, 6.07) is 6.63. The Morgan fingerprint density at radius 2 is 2.35 bits per heavy atom. The van der Waals surface area contributed by atoms with Crippen molar-refractivity contribution in [3.8, 4) is 5.75 Å². The van der Waals surface area contributed by atoms with Crippen molar-refractivity contribution >= 4 is 9.24 Å². The highest BCUT2D eigenvalue weighted by molar-refractivity contribution is 7.22. The van der Waals surface area contributed by atoms with E-state index >= 15 is 0 Å². The molecule has 2 heteroatoms. The molecule has 1 aliphatic rings. The summed E-state index contributed by atoms with van der Waals surface area (Å²) in [5.74, 6) is 1.80. The van der Waals surface area contributed by atoms with Crippen LogP contribution in [0, 0.1) is 5.92 Å². The normalized spacial score (nSPS) is 15.2. The fourth-order valence-corrected chi connectivity index (χ4v) is 2.76. The van der Waals surface area contributed by atoms with E-state index in [1.807, 2.05) is 0 Å². The number of allylic oxidation sites excluding steroid dienone is 1. The van der Waals surface area contributed by atoms with Crippen LogP contribution in [0.15, 0.2) is 30.1 Å². The first-order valence-electron chi connectivity index (χ1n) is 6.33. The molecule has 17 heavy (non-hydrogen) atoms. The predicted molar refractivity (Wildman–Crippen MR) is 76.6 cm³/mol. The maximum absolute atomic E-state index is 5.52. The van der Waals surface area contributed by atoms with Gasteiger partial charge in [-0.1, -0.05) is 30.9 Å². The van der Waals surface area contributed by atoms with Crippen molar-refractivity contribution in [1.29, 1.82) is 0 Å². The SMILES string of the molecule is C=C(P)CC(C)CCc1ccc2c(c1)CCO2. The van der Waals surface area contributed by atoms with E-state index in [-0.39, 0.29) is 0 Å². The van der Waals surface area contributed by atoms with Crippen molar-refractivity contribution in [1.82, 2.24) is 0 Å². The Labute approximate surface area is 106 Å². The van der Waals surface area contributed by atoms with Crippen LogP contribution in [0.3, 0.4) is 0 Å². The molecular formula is C15H21OP. The first-order chi connectivity index (χ1) is 8.15. The van der Waals surface area contributed by atoms with Crippen molar-refractivity contribution < 1.29 is 4.74 Å². The molecular weight excluding hydrogens is 227 g/mol. The number of benzene rings is 1. The monoisotopic (exact) mass is 248 g/mol. The first-order valence-corrected chi connectivity index (χ1v) is 6.90. The van der Waals surface area contributed by atoms with Gasteiger partial charge in [0.05, 0.1) is 6.61 Å². The second kappa shape index (κ2) is 5.69. The van der Waals surface area contributed by atoms with Gasteiger partial charge in [-0.05, 0) is 42.4 Å². The summed E-state index contributed by atoms with van der Waals surface area (Å²) >= 11 is 0. The molecule has 1 nitrogen and oxygen atoms in total. The van der Waals surface area contributed by atoms with Gasteiger partial charge >= 0.3 is 0 Å². The molecule has 2 rings (SSSR count). The van der Waals surface area contributed by atoms with Crippen LogP contribution in [0.1, 0.15) is 30.9 Å². The van der Waals surface area contributed by atoms with Crippen molar-refractivity contribution in [2.45, 2.75) is 32.6 Å². The van der Waals surface area contributed by atoms with Crippen molar-refractivity contribution in [2.24, 2.45) is 5.92 Å². The molecule has 0 saturated heterocycles. The molecule has 0 spiro atoms. The molecule has 1 aliphatic heterocycles. The highest BCUT2D eigenvalue weighted by Gasteiger charge is 2.12. The third-order valence-corrected chi connectivity index (χ3v) is 3.53. The lowest BCUT2D eigenvalue weighted by Gasteiger charge is -2.11. The zero-order chi connectivity index (χ0) is 12.3. The van der Waals surface area contributed by atoms with Gasteiger partial charge in [-0.2, -0.15) is 0 Å². The molecule has 1 heterocycles. The van der Waals surface area contributed by atoms with E-state index in [0.29, 0.717) is 5.92 Å². The highest BCUT2D eigenvalue weighted by atomic mass is 31.0. The third-order valence-electron chi connectivity index (χ3n) is 3.29. The number of rotatable bonds is 5. The van der Waals surface area contributed by atoms with E-state index in [1.165, 1.54) is 22.9 Å². The third kappa shape index (κ3) is 3.57. The van der Waals surface area contributed by atoms with Crippen LogP contribution in [0.4, 0.5) is 0 Å². The van der Waals surface area contributed by atoms with Crippen LogP contribution >= 0.6 is 9.24 Å². The maximum atomic E-state index is 5.52. The highest BCUT2D eigenvalue weighted by Crippen LogP contribution is 2.27. The molecule has 0 amide bonds. The Morgan fingerprint density at radius 1 is 1.53 bits per heavy atom. The molecule has 92 valence electrons. The van der Waals surface area contributed by atoms with Crippen molar-refractivity contribution in [3.05, 3.63) is 41.2 Å². The smallest absolute Gasteiger partial charge is 0.122 e. The lowest BCUT2D eigenvalue weighted by molar-refractivity contribution is 0.357. The maximum Gasteiger partial charge on any atom is 0.122 e. The van der Waals surface area contributed by atoms with Gasteiger partial charge in [0.25, 0.3) is 0 Å². The molecule has 0 fully saturated rings. The fraction of sp³-hybridized carbons (Fsp3) is 0.467. The van der Waals surface area contributed by atoms with Gasteiger partial charge in [0.15, 0.2) is 0 Å². The number of ether oxygens (including phenoxy) is 1. The molecule has 0 N–H and O–H groups in total. The second-order valence-corrected chi connectivity index (χ2v) is 5.86. The number of aryl methyl sites for hydroxylation is 1. The molecule has 0 aromatic heterocycles. The minimum Gasteiger partial charge on any atom is -0.493 e. The van der Waals surface area contributed by atoms with Crippen LogP contribution in [-0.4, -0.2) is 6.61 Å². The summed E-state index contributed by atoms with van der Waals surface area (Å²) < 4.78 is 5.52. The van der Waals surface area contributed by atoms with Crippen LogP contribution < -0.4 is 4.74 Å². The molecule has 2 atom stereocenters. The van der Waals surface area contributed by atoms with Crippen LogP contribution in [0.2, 0.25) is 0 Å². The first kappa shape index (κ1) is 12.6. The minimum absolute atomic E-state index is 0.713. The zero-order valence-corrected chi connectivity index (χ0v) is 11.7. The molecule has 1 aromatic carbocycles. The van der Waals surface area contributed by atoms with E-state index < -0.39 is 0 Å². The topological polar surface area (TPSA) is 9.23 Å². The van der Waals surface area contributed by atoms with E-state index in [2.05, 4.69) is 40.9 Å². The Bertz CT molecular complexity index is 411. The number of hydrogen-bond donors (Lipinski definition) is 0. The minimum atomic E-state index is 0.713. The summed E-state index contributed by atoms with van der Waals surface area (Å²) in [6.07, 6.45) is 4.57. The summed E-state index contributed by atoms with van der Waals surface area (Å²) in [7, 11) is 2.70. The number of hydrogen-bond acceptors (Lipinski definition) is 1. The predicted octanol–water partition coefficient (Wildman–Crippen LogP) is 3.97. The molecule has 1 aromatic rings. The molecule has 2 unspecified atom stereocenters. The fourth-order valence-electron chi connectivity index (χ4n) is 2.36. The Hall–Kier alpha value is -0.810. The average molecular weight is 248 g/mol. The molecule has 0 saturated carbocycles. The summed E-state index contributed by atoms with van der Waals surface area (Å²) in [5, 5.41) is 1.21. The van der Waals surface area contributed by atoms with Gasteiger partial charge in [0.2, 0.25) is 0 Å². The van der Waals surface area contributed by atoms with Crippen LogP contribution in [-0.2, 0) is 12.8 Å². The quantitative estimate of drug-likeness (QED) is 0.716. The van der Waals surface area contributed by atoms with Crippen molar-refractivity contribution in [2.75, 3.05) is 6.61 Å². The Morgan fingerprint density at radius 3 is 3.12 bits per heavy atom. The second-order valence-electron chi connectivity index (χ2n) is 5.05. The largest absolute Gasteiger partial charge is 0.493 e. The lowest BCUT2D eigenvalue weighted by Crippen LogP contribution is -1.97. The lowest BCUT2D eigenvalue weighted by atomic mass is 9.97. The van der Waals surface area contributed by atoms with E-state index in [0.717, 1.165) is 31.6 Å². The van der Waals surface area contributed by atoms with E-state index in [1.54, 1.807) is 0 Å². The molecule has 0 bridgehead atoms. The van der Waals surface area contributed by atoms with Gasteiger partial charge in [0.1, 0.15) is 5.75 Å². The summed E-state index contributed by atoms with van der Waals surface area (Å²) in [5.41, 5.74) is 2.82. The molecule has 0 aliphatic carbocycles. The summed E-state index contributed by atoms with van der Waals surface area (Å²) in [6.45, 7) is 7.09. The standard InChI is InChI=1S/C15H21OP/c1-11(9-12(2)17)3-4-13-5-6-15-14(10-13)7-8-16-15/h5-6,10-11H,2-4,7-9,17H2,1H3. The molecule has 0 radical (unpaired) electrons. The zero-order valence-electron chi connectivity index (χ0n) is 10.5. The van der Waals surface area contributed by atoms with Gasteiger partial charge in [-0.15, -0.1) is 9.24 Å². The average Bonchev–Trinajstić information content (AvgIpc) is 2.72. The van der Waals surface area contributed by atoms with Crippen molar-refractivity contribution in [3.63, 3.8) is 0 Å². The Kier molecular flexibility index (Phi) is 4.23. The van der Waals surface area contributed by atoms with E-state index in [4.69, 9.17) is 4.74 Å². The van der Waals surface area contributed by atoms with E-state index in [9.17, 15) is 0 Å². The van der Waals surface area contributed by atoms with Crippen LogP contribution in [0.25, 0.3) is 0 Å².